The van der Waals surface area contributed by atoms with Crippen molar-refractivity contribution in [3.63, 3.8) is 0 Å². The number of nitrogens with one attached hydrogen (secondary N) is 3. The number of carboxylic acid groups (broad SMARTS) is 2. The molecule has 0 aliphatic carbocycles. The van der Waals surface area contributed by atoms with Crippen LogP contribution in [0, 0.1) is 0 Å². The maximum atomic E-state index is 12.5. The van der Waals surface area contributed by atoms with Gasteiger partial charge in [-0.05, 0) is 25.4 Å². The van der Waals surface area contributed by atoms with Crippen LogP contribution in [0.2, 0.25) is 0 Å². The third kappa shape index (κ3) is 10.6. The van der Waals surface area contributed by atoms with Crippen LogP contribution in [-0.4, -0.2) is 82.0 Å². The summed E-state index contributed by atoms with van der Waals surface area (Å²) in [6.45, 7) is 1.33. The van der Waals surface area contributed by atoms with Crippen molar-refractivity contribution >= 4 is 47.3 Å². The molecule has 0 aromatic heterocycles. The zero-order chi connectivity index (χ0) is 23.4. The fraction of sp³-hybridized carbons (Fsp3) is 0.625. The Morgan fingerprint density at radius 3 is 1.73 bits per heavy atom. The van der Waals surface area contributed by atoms with Crippen molar-refractivity contribution in [3.05, 3.63) is 0 Å². The zero-order valence-corrected chi connectivity index (χ0v) is 17.4. The van der Waals surface area contributed by atoms with Gasteiger partial charge < -0.3 is 37.6 Å². The van der Waals surface area contributed by atoms with E-state index in [4.69, 9.17) is 16.6 Å². The first-order valence-electron chi connectivity index (χ1n) is 8.77. The second kappa shape index (κ2) is 13.4. The fourth-order valence-corrected chi connectivity index (χ4v) is 2.61. The molecular weight excluding hydrogens is 422 g/mol. The third-order valence-corrected chi connectivity index (χ3v) is 4.33. The standard InChI is InChI=1S/C16H27N5O8S/c1-7(17)13(25)20-9(5-11(18)22)14(26)21-10(6-12(23)24)15(27)19-8(16(28)29)3-4-30-2/h7-10H,3-6,17H2,1-2H3,(H2,18,22)(H,19,27)(H,20,25)(H,21,26)(H,23,24)(H,28,29). The Bertz CT molecular complexity index is 672. The van der Waals surface area contributed by atoms with Gasteiger partial charge in [-0.15, -0.1) is 0 Å². The molecule has 170 valence electrons. The highest BCUT2D eigenvalue weighted by Gasteiger charge is 2.31. The Hall–Kier alpha value is -2.87. The number of hydrogen-bond donors (Lipinski definition) is 7. The molecule has 0 fully saturated rings. The zero-order valence-electron chi connectivity index (χ0n) is 16.5. The molecule has 0 aliphatic rings. The molecule has 0 rings (SSSR count). The number of primary amides is 1. The molecule has 0 aliphatic heterocycles. The van der Waals surface area contributed by atoms with Crippen molar-refractivity contribution in [2.75, 3.05) is 12.0 Å². The average Bonchev–Trinajstić information content (AvgIpc) is 2.62. The number of nitrogens with two attached hydrogens (primary N) is 2. The third-order valence-electron chi connectivity index (χ3n) is 3.69. The van der Waals surface area contributed by atoms with E-state index in [9.17, 15) is 33.9 Å². The minimum absolute atomic E-state index is 0.0741. The van der Waals surface area contributed by atoms with E-state index >= 15 is 0 Å². The normalized spacial score (nSPS) is 14.5. The summed E-state index contributed by atoms with van der Waals surface area (Å²) in [5.41, 5.74) is 10.5. The molecule has 0 heterocycles. The maximum absolute atomic E-state index is 12.5. The Morgan fingerprint density at radius 2 is 1.33 bits per heavy atom. The lowest BCUT2D eigenvalue weighted by molar-refractivity contribution is -0.144. The number of amides is 4. The van der Waals surface area contributed by atoms with Gasteiger partial charge >= 0.3 is 11.9 Å². The van der Waals surface area contributed by atoms with Gasteiger partial charge in [-0.1, -0.05) is 0 Å². The lowest BCUT2D eigenvalue weighted by Crippen LogP contribution is -2.58. The van der Waals surface area contributed by atoms with Gasteiger partial charge in [0.2, 0.25) is 23.6 Å². The second-order valence-corrected chi connectivity index (χ2v) is 7.35. The lowest BCUT2D eigenvalue weighted by atomic mass is 10.1. The molecule has 0 radical (unpaired) electrons. The molecule has 0 saturated heterocycles. The first kappa shape index (κ1) is 27.1. The summed E-state index contributed by atoms with van der Waals surface area (Å²) >= 11 is 1.35. The Kier molecular flexibility index (Phi) is 12.1. The van der Waals surface area contributed by atoms with Gasteiger partial charge in [-0.2, -0.15) is 11.8 Å². The minimum atomic E-state index is -1.66. The Morgan fingerprint density at radius 1 is 0.867 bits per heavy atom. The largest absolute Gasteiger partial charge is 0.481 e. The highest BCUT2D eigenvalue weighted by Crippen LogP contribution is 2.04. The van der Waals surface area contributed by atoms with Crippen LogP contribution in [0.1, 0.15) is 26.2 Å². The van der Waals surface area contributed by atoms with Gasteiger partial charge in [0.15, 0.2) is 0 Å². The molecule has 13 nitrogen and oxygen atoms in total. The molecule has 4 unspecified atom stereocenters. The molecule has 0 spiro atoms. The first-order valence-corrected chi connectivity index (χ1v) is 10.2. The van der Waals surface area contributed by atoms with E-state index in [1.807, 2.05) is 0 Å². The summed E-state index contributed by atoms with van der Waals surface area (Å²) in [4.78, 5) is 70.2. The minimum Gasteiger partial charge on any atom is -0.481 e. The summed E-state index contributed by atoms with van der Waals surface area (Å²) < 4.78 is 0. The number of aliphatic carboxylic acids is 2. The fourth-order valence-electron chi connectivity index (χ4n) is 2.14. The number of carbonyl (C=O) groups excluding carboxylic acids is 4. The van der Waals surface area contributed by atoms with Gasteiger partial charge in [0.25, 0.3) is 0 Å². The molecule has 9 N–H and O–H groups in total. The van der Waals surface area contributed by atoms with E-state index in [0.29, 0.717) is 5.75 Å². The highest BCUT2D eigenvalue weighted by molar-refractivity contribution is 7.98. The smallest absolute Gasteiger partial charge is 0.326 e. The summed E-state index contributed by atoms with van der Waals surface area (Å²) in [6.07, 6.45) is 0.322. The molecule has 30 heavy (non-hydrogen) atoms. The number of carbonyl (C=O) groups is 6. The van der Waals surface area contributed by atoms with Crippen LogP contribution in [0.15, 0.2) is 0 Å². The number of rotatable bonds is 14. The highest BCUT2D eigenvalue weighted by atomic mass is 32.2. The lowest BCUT2D eigenvalue weighted by Gasteiger charge is -2.23. The van der Waals surface area contributed by atoms with Crippen LogP contribution in [0.3, 0.4) is 0 Å². The average molecular weight is 449 g/mol. The van der Waals surface area contributed by atoms with Crippen molar-refractivity contribution in [2.24, 2.45) is 11.5 Å². The predicted octanol–water partition coefficient (Wildman–Crippen LogP) is -3.02. The summed E-state index contributed by atoms with van der Waals surface area (Å²) in [5, 5.41) is 24.7. The second-order valence-electron chi connectivity index (χ2n) is 6.36. The van der Waals surface area contributed by atoms with Crippen molar-refractivity contribution in [1.82, 2.24) is 16.0 Å². The van der Waals surface area contributed by atoms with Crippen molar-refractivity contribution in [1.29, 1.82) is 0 Å². The van der Waals surface area contributed by atoms with Crippen LogP contribution in [0.4, 0.5) is 0 Å². The molecule has 4 amide bonds. The van der Waals surface area contributed by atoms with Crippen LogP contribution in [0.25, 0.3) is 0 Å². The number of hydrogen-bond acceptors (Lipinski definition) is 8. The van der Waals surface area contributed by atoms with Gasteiger partial charge in [0.1, 0.15) is 18.1 Å². The van der Waals surface area contributed by atoms with Crippen molar-refractivity contribution in [2.45, 2.75) is 50.4 Å². The topological polar surface area (TPSA) is 231 Å². The van der Waals surface area contributed by atoms with Gasteiger partial charge in [0, 0.05) is 0 Å². The SMILES string of the molecule is CSCCC(NC(=O)C(CC(=O)O)NC(=O)C(CC(N)=O)NC(=O)C(C)N)C(=O)O. The van der Waals surface area contributed by atoms with E-state index in [2.05, 4.69) is 16.0 Å². The molecule has 14 heteroatoms. The Balaban J connectivity index is 5.42. The van der Waals surface area contributed by atoms with Gasteiger partial charge in [0.05, 0.1) is 18.9 Å². The van der Waals surface area contributed by atoms with E-state index in [1.54, 1.807) is 6.26 Å². The summed E-state index contributed by atoms with van der Waals surface area (Å²) in [5.74, 6) is -6.18. The van der Waals surface area contributed by atoms with Gasteiger partial charge in [-0.25, -0.2) is 4.79 Å². The Labute approximate surface area is 176 Å². The van der Waals surface area contributed by atoms with E-state index in [1.165, 1.54) is 18.7 Å². The maximum Gasteiger partial charge on any atom is 0.326 e. The predicted molar refractivity (Wildman–Crippen MR) is 106 cm³/mol. The van der Waals surface area contributed by atoms with Crippen molar-refractivity contribution < 1.29 is 39.0 Å². The number of thioether (sulfide) groups is 1. The molecule has 4 atom stereocenters. The molecule has 0 aromatic rings. The van der Waals surface area contributed by atoms with Gasteiger partial charge in [-0.3, -0.25) is 24.0 Å². The molecule has 0 saturated carbocycles. The van der Waals surface area contributed by atoms with E-state index in [-0.39, 0.29) is 6.42 Å². The molecule has 0 bridgehead atoms. The number of carboxylic acids is 2. The molecular formula is C16H27N5O8S. The monoisotopic (exact) mass is 449 g/mol. The molecule has 0 aromatic carbocycles. The van der Waals surface area contributed by atoms with Crippen molar-refractivity contribution in [3.8, 4) is 0 Å². The van der Waals surface area contributed by atoms with Crippen LogP contribution in [0.5, 0.6) is 0 Å². The quantitative estimate of drug-likeness (QED) is 0.142. The van der Waals surface area contributed by atoms with Crippen LogP contribution in [-0.2, 0) is 28.8 Å². The van der Waals surface area contributed by atoms with E-state index in [0.717, 1.165) is 0 Å². The first-order chi connectivity index (χ1) is 13.9. The van der Waals surface area contributed by atoms with Crippen LogP contribution >= 0.6 is 11.8 Å². The summed E-state index contributed by atoms with van der Waals surface area (Å²) in [6, 6.07) is -5.47. The van der Waals surface area contributed by atoms with Crippen LogP contribution < -0.4 is 27.4 Å². The van der Waals surface area contributed by atoms with E-state index < -0.39 is 72.6 Å². The summed E-state index contributed by atoms with van der Waals surface area (Å²) in [7, 11) is 0.